The number of carbonyl (C=O) groups is 1. The second kappa shape index (κ2) is 8.43. The number of ether oxygens (including phenoxy) is 1. The number of aromatic nitrogens is 1. The van der Waals surface area contributed by atoms with Gasteiger partial charge in [-0.15, -0.1) is 0 Å². The van der Waals surface area contributed by atoms with E-state index in [-0.39, 0.29) is 18.0 Å². The van der Waals surface area contributed by atoms with E-state index in [1.165, 1.54) is 6.07 Å². The molecular weight excluding hydrogens is 400 g/mol. The average Bonchev–Trinajstić information content (AvgIpc) is 2.77. The van der Waals surface area contributed by atoms with Crippen molar-refractivity contribution < 1.29 is 9.53 Å². The first kappa shape index (κ1) is 19.7. The van der Waals surface area contributed by atoms with E-state index in [0.29, 0.717) is 22.0 Å². The Morgan fingerprint density at radius 3 is 2.47 bits per heavy atom. The molecule has 5 nitrogen and oxygen atoms in total. The van der Waals surface area contributed by atoms with Crippen LogP contribution in [0.2, 0.25) is 5.02 Å². The number of carbonyl (C=O) groups excluding carboxylic acids is 1. The van der Waals surface area contributed by atoms with E-state index in [0.717, 1.165) is 16.5 Å². The van der Waals surface area contributed by atoms with Gasteiger partial charge in [-0.2, -0.15) is 0 Å². The summed E-state index contributed by atoms with van der Waals surface area (Å²) in [7, 11) is 1.56. The smallest absolute Gasteiger partial charge is 0.258 e. The monoisotopic (exact) mass is 418 g/mol. The third kappa shape index (κ3) is 3.93. The van der Waals surface area contributed by atoms with Crippen molar-refractivity contribution in [3.05, 3.63) is 105 Å². The van der Waals surface area contributed by atoms with Gasteiger partial charge in [0.1, 0.15) is 5.75 Å². The number of para-hydroxylation sites is 3. The number of amides is 1. The van der Waals surface area contributed by atoms with Gasteiger partial charge in [0.2, 0.25) is 5.56 Å². The fourth-order valence-electron chi connectivity index (χ4n) is 3.45. The van der Waals surface area contributed by atoms with Crippen molar-refractivity contribution in [3.8, 4) is 5.75 Å². The van der Waals surface area contributed by atoms with Gasteiger partial charge in [0.05, 0.1) is 19.3 Å². The first-order chi connectivity index (χ1) is 14.6. The molecule has 0 spiro atoms. The molecule has 0 saturated carbocycles. The molecule has 1 N–H and O–H groups in total. The lowest BCUT2D eigenvalue weighted by atomic mass is 10.1. The van der Waals surface area contributed by atoms with Gasteiger partial charge >= 0.3 is 0 Å². The number of pyridine rings is 1. The Morgan fingerprint density at radius 1 is 1.00 bits per heavy atom. The number of aromatic amines is 1. The highest BCUT2D eigenvalue weighted by molar-refractivity contribution is 6.30. The molecule has 150 valence electrons. The van der Waals surface area contributed by atoms with Crippen molar-refractivity contribution in [1.29, 1.82) is 0 Å². The van der Waals surface area contributed by atoms with E-state index < -0.39 is 0 Å². The summed E-state index contributed by atoms with van der Waals surface area (Å²) in [5, 5.41) is 1.43. The van der Waals surface area contributed by atoms with Gasteiger partial charge in [0.25, 0.3) is 5.91 Å². The van der Waals surface area contributed by atoms with Crippen LogP contribution in [0.1, 0.15) is 15.9 Å². The molecule has 0 aliphatic rings. The molecule has 3 aromatic carbocycles. The summed E-state index contributed by atoms with van der Waals surface area (Å²) in [6.45, 7) is 0.201. The van der Waals surface area contributed by atoms with Crippen LogP contribution in [-0.4, -0.2) is 18.0 Å². The van der Waals surface area contributed by atoms with Crippen molar-refractivity contribution in [1.82, 2.24) is 4.98 Å². The summed E-state index contributed by atoms with van der Waals surface area (Å²) in [6, 6.07) is 23.1. The van der Waals surface area contributed by atoms with Crippen LogP contribution in [0.25, 0.3) is 10.9 Å². The largest absolute Gasteiger partial charge is 0.495 e. The Morgan fingerprint density at radius 2 is 1.70 bits per heavy atom. The van der Waals surface area contributed by atoms with Crippen LogP contribution < -0.4 is 15.2 Å². The molecular formula is C24H19ClN2O3. The Kier molecular flexibility index (Phi) is 5.55. The molecule has 1 aromatic heterocycles. The first-order valence-electron chi connectivity index (χ1n) is 9.38. The molecule has 6 heteroatoms. The fourth-order valence-corrected chi connectivity index (χ4v) is 3.57. The number of anilines is 1. The molecule has 0 bridgehead atoms. The molecule has 30 heavy (non-hydrogen) atoms. The van der Waals surface area contributed by atoms with Gasteiger partial charge in [-0.05, 0) is 48.0 Å². The number of nitrogens with one attached hydrogen (secondary N) is 1. The number of H-pyrrole nitrogens is 1. The topological polar surface area (TPSA) is 62.4 Å². The van der Waals surface area contributed by atoms with E-state index >= 15 is 0 Å². The Labute approximate surface area is 178 Å². The maximum absolute atomic E-state index is 13.5. The third-order valence-corrected chi connectivity index (χ3v) is 5.13. The Hall–Kier alpha value is -3.57. The van der Waals surface area contributed by atoms with Gasteiger partial charge in [-0.3, -0.25) is 9.59 Å². The quantitative estimate of drug-likeness (QED) is 0.494. The minimum Gasteiger partial charge on any atom is -0.495 e. The van der Waals surface area contributed by atoms with Crippen LogP contribution in [0.4, 0.5) is 5.69 Å². The van der Waals surface area contributed by atoms with Crippen LogP contribution in [0.5, 0.6) is 5.75 Å². The number of methoxy groups -OCH3 is 1. The molecule has 4 aromatic rings. The molecule has 0 fully saturated rings. The van der Waals surface area contributed by atoms with Gasteiger partial charge in [-0.25, -0.2) is 0 Å². The highest BCUT2D eigenvalue weighted by Gasteiger charge is 2.22. The van der Waals surface area contributed by atoms with Gasteiger partial charge in [-0.1, -0.05) is 41.9 Å². The molecule has 0 saturated heterocycles. The summed E-state index contributed by atoms with van der Waals surface area (Å²) < 4.78 is 5.50. The van der Waals surface area contributed by atoms with Crippen LogP contribution >= 0.6 is 11.6 Å². The SMILES string of the molecule is COc1ccccc1N(Cc1cc(=O)[nH]c2ccccc12)C(=O)c1ccc(Cl)cc1. The Bertz CT molecular complexity index is 1270. The van der Waals surface area contributed by atoms with Crippen molar-refractivity contribution in [2.45, 2.75) is 6.54 Å². The zero-order valence-electron chi connectivity index (χ0n) is 16.3. The van der Waals surface area contributed by atoms with Crippen LogP contribution in [0.3, 0.4) is 0 Å². The summed E-state index contributed by atoms with van der Waals surface area (Å²) >= 11 is 5.99. The molecule has 0 atom stereocenters. The summed E-state index contributed by atoms with van der Waals surface area (Å²) in [6.07, 6.45) is 0. The van der Waals surface area contributed by atoms with Crippen molar-refractivity contribution in [2.24, 2.45) is 0 Å². The molecule has 0 aliphatic carbocycles. The average molecular weight is 419 g/mol. The Balaban J connectivity index is 1.85. The van der Waals surface area contributed by atoms with Gasteiger partial charge in [0, 0.05) is 27.6 Å². The number of halogens is 1. The highest BCUT2D eigenvalue weighted by Crippen LogP contribution is 2.31. The summed E-state index contributed by atoms with van der Waals surface area (Å²) in [5.41, 5.74) is 2.34. The number of nitrogens with zero attached hydrogens (tertiary/aromatic N) is 1. The zero-order chi connectivity index (χ0) is 21.1. The molecule has 0 aliphatic heterocycles. The lowest BCUT2D eigenvalue weighted by Crippen LogP contribution is -2.31. The second-order valence-electron chi connectivity index (χ2n) is 6.77. The fraction of sp³-hybridized carbons (Fsp3) is 0.0833. The first-order valence-corrected chi connectivity index (χ1v) is 9.76. The van der Waals surface area contributed by atoms with Crippen molar-refractivity contribution >= 4 is 34.1 Å². The van der Waals surface area contributed by atoms with Crippen LogP contribution in [0, 0.1) is 0 Å². The van der Waals surface area contributed by atoms with E-state index in [1.807, 2.05) is 42.5 Å². The van der Waals surface area contributed by atoms with Crippen molar-refractivity contribution in [2.75, 3.05) is 12.0 Å². The van der Waals surface area contributed by atoms with E-state index in [4.69, 9.17) is 16.3 Å². The maximum Gasteiger partial charge on any atom is 0.258 e. The number of fused-ring (bicyclic) bond motifs is 1. The number of hydrogen-bond donors (Lipinski definition) is 1. The lowest BCUT2D eigenvalue weighted by molar-refractivity contribution is 0.0984. The van der Waals surface area contributed by atoms with Crippen LogP contribution in [-0.2, 0) is 6.54 Å². The molecule has 1 amide bonds. The summed E-state index contributed by atoms with van der Waals surface area (Å²) in [5.74, 6) is 0.342. The van der Waals surface area contributed by atoms with E-state index in [1.54, 1.807) is 42.3 Å². The normalized spacial score (nSPS) is 10.7. The predicted molar refractivity (Wildman–Crippen MR) is 120 cm³/mol. The maximum atomic E-state index is 13.5. The standard InChI is InChI=1S/C24H19ClN2O3/c1-30-22-9-5-4-8-21(22)27(24(29)16-10-12-18(25)13-11-16)15-17-14-23(28)26-20-7-3-2-6-19(17)20/h2-14H,15H2,1H3,(H,26,28). The highest BCUT2D eigenvalue weighted by atomic mass is 35.5. The molecule has 1 heterocycles. The summed E-state index contributed by atoms with van der Waals surface area (Å²) in [4.78, 5) is 30.2. The number of benzene rings is 3. The van der Waals surface area contributed by atoms with E-state index in [2.05, 4.69) is 4.98 Å². The number of rotatable bonds is 5. The van der Waals surface area contributed by atoms with E-state index in [9.17, 15) is 9.59 Å². The molecule has 4 rings (SSSR count). The number of hydrogen-bond acceptors (Lipinski definition) is 3. The minimum absolute atomic E-state index is 0.201. The predicted octanol–water partition coefficient (Wildman–Crippen LogP) is 5.04. The van der Waals surface area contributed by atoms with Gasteiger partial charge < -0.3 is 14.6 Å². The third-order valence-electron chi connectivity index (χ3n) is 4.88. The van der Waals surface area contributed by atoms with Crippen molar-refractivity contribution in [3.63, 3.8) is 0 Å². The molecule has 0 unspecified atom stereocenters. The van der Waals surface area contributed by atoms with Crippen LogP contribution in [0.15, 0.2) is 83.7 Å². The lowest BCUT2D eigenvalue weighted by Gasteiger charge is -2.25. The molecule has 0 radical (unpaired) electrons. The second-order valence-corrected chi connectivity index (χ2v) is 7.21. The zero-order valence-corrected chi connectivity index (χ0v) is 17.0. The minimum atomic E-state index is -0.222. The van der Waals surface area contributed by atoms with Gasteiger partial charge in [0.15, 0.2) is 0 Å².